The number of methoxy groups -OCH3 is 1. The molecule has 4 aromatic rings. The zero-order valence-corrected chi connectivity index (χ0v) is 21.3. The van der Waals surface area contributed by atoms with Gasteiger partial charge in [0, 0.05) is 24.3 Å². The minimum Gasteiger partial charge on any atom is -0.376 e. The van der Waals surface area contributed by atoms with E-state index in [2.05, 4.69) is 15.3 Å². The van der Waals surface area contributed by atoms with E-state index >= 15 is 0 Å². The van der Waals surface area contributed by atoms with Gasteiger partial charge in [-0.05, 0) is 55.0 Å². The second kappa shape index (κ2) is 10.3. The van der Waals surface area contributed by atoms with Crippen LogP contribution in [-0.4, -0.2) is 48.7 Å². The standard InChI is InChI=1S/C27H26N4O5S/c1-17(35-2)22-4-3-5-23(30-22)24-9-8-19-14-28-21(13-25(19)31-24)15-29-27(32)18-6-7-20-16-36-10-11-37(33,34)26(20)12-18/h3-9,12-14,17H,10-11,15-16H2,1-2H3,(H,29,32)/t17-/m1/s1. The predicted octanol–water partition coefficient (Wildman–Crippen LogP) is 3.63. The molecule has 0 saturated heterocycles. The van der Waals surface area contributed by atoms with E-state index in [0.29, 0.717) is 17.0 Å². The topological polar surface area (TPSA) is 120 Å². The van der Waals surface area contributed by atoms with Gasteiger partial charge in [0.15, 0.2) is 9.84 Å². The Kier molecular flexibility index (Phi) is 6.96. The number of rotatable bonds is 6. The van der Waals surface area contributed by atoms with Gasteiger partial charge >= 0.3 is 0 Å². The van der Waals surface area contributed by atoms with Gasteiger partial charge in [0.05, 0.1) is 64.8 Å². The number of pyridine rings is 3. The van der Waals surface area contributed by atoms with Crippen LogP contribution in [-0.2, 0) is 32.5 Å². The summed E-state index contributed by atoms with van der Waals surface area (Å²) in [5.41, 5.74) is 4.44. The van der Waals surface area contributed by atoms with Gasteiger partial charge < -0.3 is 14.8 Å². The Bertz CT molecular complexity index is 1590. The average Bonchev–Trinajstić information content (AvgIpc) is 3.08. The number of amides is 1. The maximum absolute atomic E-state index is 12.8. The molecule has 0 radical (unpaired) electrons. The summed E-state index contributed by atoms with van der Waals surface area (Å²) >= 11 is 0. The first-order chi connectivity index (χ1) is 17.8. The summed E-state index contributed by atoms with van der Waals surface area (Å²) in [5.74, 6) is -0.494. The van der Waals surface area contributed by atoms with Gasteiger partial charge in [-0.2, -0.15) is 0 Å². The quantitative estimate of drug-likeness (QED) is 0.411. The third-order valence-electron chi connectivity index (χ3n) is 6.28. The first-order valence-electron chi connectivity index (χ1n) is 11.8. The summed E-state index contributed by atoms with van der Waals surface area (Å²) in [7, 11) is -1.86. The smallest absolute Gasteiger partial charge is 0.251 e. The summed E-state index contributed by atoms with van der Waals surface area (Å²) < 4.78 is 35.8. The zero-order valence-electron chi connectivity index (χ0n) is 20.5. The summed E-state index contributed by atoms with van der Waals surface area (Å²) in [6, 6.07) is 16.0. The molecule has 1 N–H and O–H groups in total. The van der Waals surface area contributed by atoms with Crippen molar-refractivity contribution >= 4 is 26.6 Å². The van der Waals surface area contributed by atoms with Crippen molar-refractivity contribution in [1.82, 2.24) is 20.3 Å². The van der Waals surface area contributed by atoms with E-state index in [0.717, 1.165) is 22.3 Å². The summed E-state index contributed by atoms with van der Waals surface area (Å²) in [5, 5.41) is 3.68. The van der Waals surface area contributed by atoms with Gasteiger partial charge in [-0.25, -0.2) is 18.4 Å². The molecule has 0 bridgehead atoms. The molecule has 10 heteroatoms. The molecule has 1 aromatic carbocycles. The SMILES string of the molecule is CO[C@H](C)c1cccc(-c2ccc3cnc(CNC(=O)c4ccc5c(c4)S(=O)(=O)CCOC5)cc3n2)n1. The second-order valence-corrected chi connectivity index (χ2v) is 10.8. The lowest BCUT2D eigenvalue weighted by molar-refractivity contribution is 0.0950. The van der Waals surface area contributed by atoms with Crippen molar-refractivity contribution in [2.24, 2.45) is 0 Å². The van der Waals surface area contributed by atoms with Crippen LogP contribution in [0.2, 0.25) is 0 Å². The number of fused-ring (bicyclic) bond motifs is 2. The highest BCUT2D eigenvalue weighted by molar-refractivity contribution is 7.91. The lowest BCUT2D eigenvalue weighted by Gasteiger charge is -2.11. The number of ether oxygens (including phenoxy) is 2. The van der Waals surface area contributed by atoms with E-state index < -0.39 is 9.84 Å². The molecule has 5 rings (SSSR count). The average molecular weight is 519 g/mol. The molecule has 37 heavy (non-hydrogen) atoms. The Labute approximate surface area is 214 Å². The molecule has 4 heterocycles. The van der Waals surface area contributed by atoms with E-state index in [1.807, 2.05) is 43.3 Å². The third kappa shape index (κ3) is 5.36. The number of carbonyl (C=O) groups is 1. The van der Waals surface area contributed by atoms with Crippen molar-refractivity contribution in [2.45, 2.75) is 31.1 Å². The van der Waals surface area contributed by atoms with Crippen LogP contribution in [0.3, 0.4) is 0 Å². The lowest BCUT2D eigenvalue weighted by Crippen LogP contribution is -2.23. The molecule has 1 atom stereocenters. The Morgan fingerprint density at radius 2 is 1.95 bits per heavy atom. The molecular weight excluding hydrogens is 492 g/mol. The Balaban J connectivity index is 1.35. The molecular formula is C27H26N4O5S. The number of carbonyl (C=O) groups excluding carboxylic acids is 1. The molecule has 190 valence electrons. The van der Waals surface area contributed by atoms with E-state index in [1.54, 1.807) is 25.4 Å². The Hall–Kier alpha value is -3.73. The number of hydrogen-bond donors (Lipinski definition) is 1. The number of hydrogen-bond acceptors (Lipinski definition) is 8. The first kappa shape index (κ1) is 24.9. The number of aromatic nitrogens is 3. The van der Waals surface area contributed by atoms with Crippen molar-refractivity contribution < 1.29 is 22.7 Å². The van der Waals surface area contributed by atoms with E-state index in [-0.39, 0.29) is 48.0 Å². The first-order valence-corrected chi connectivity index (χ1v) is 13.5. The normalized spacial score (nSPS) is 15.5. The largest absolute Gasteiger partial charge is 0.376 e. The Morgan fingerprint density at radius 1 is 1.11 bits per heavy atom. The predicted molar refractivity (Wildman–Crippen MR) is 138 cm³/mol. The summed E-state index contributed by atoms with van der Waals surface area (Å²) in [6.07, 6.45) is 1.58. The van der Waals surface area contributed by atoms with Crippen LogP contribution in [0.5, 0.6) is 0 Å². The van der Waals surface area contributed by atoms with Crippen molar-refractivity contribution in [1.29, 1.82) is 0 Å². The molecule has 0 aliphatic carbocycles. The van der Waals surface area contributed by atoms with Gasteiger partial charge in [0.2, 0.25) is 0 Å². The van der Waals surface area contributed by atoms with E-state index in [4.69, 9.17) is 14.5 Å². The van der Waals surface area contributed by atoms with Gasteiger partial charge in [0.25, 0.3) is 5.91 Å². The molecule has 1 aliphatic rings. The van der Waals surface area contributed by atoms with Gasteiger partial charge in [0.1, 0.15) is 0 Å². The van der Waals surface area contributed by atoms with Gasteiger partial charge in [-0.1, -0.05) is 12.1 Å². The van der Waals surface area contributed by atoms with Gasteiger partial charge in [-0.3, -0.25) is 9.78 Å². The van der Waals surface area contributed by atoms with E-state index in [1.165, 1.54) is 6.07 Å². The molecule has 0 saturated carbocycles. The van der Waals surface area contributed by atoms with Crippen LogP contribution in [0.4, 0.5) is 0 Å². The van der Waals surface area contributed by atoms with Crippen molar-refractivity contribution in [2.75, 3.05) is 19.5 Å². The summed E-state index contributed by atoms with van der Waals surface area (Å²) in [4.78, 5) is 26.8. The third-order valence-corrected chi connectivity index (χ3v) is 8.04. The molecule has 9 nitrogen and oxygen atoms in total. The number of nitrogens with zero attached hydrogens (tertiary/aromatic N) is 3. The number of nitrogens with one attached hydrogen (secondary N) is 1. The highest BCUT2D eigenvalue weighted by Crippen LogP contribution is 2.24. The highest BCUT2D eigenvalue weighted by Gasteiger charge is 2.23. The van der Waals surface area contributed by atoms with Crippen molar-refractivity contribution in [3.05, 3.63) is 83.3 Å². The number of sulfone groups is 1. The van der Waals surface area contributed by atoms with Crippen LogP contribution >= 0.6 is 0 Å². The van der Waals surface area contributed by atoms with Crippen LogP contribution in [0, 0.1) is 0 Å². The van der Waals surface area contributed by atoms with Crippen molar-refractivity contribution in [3.8, 4) is 11.4 Å². The fourth-order valence-corrected chi connectivity index (χ4v) is 5.47. The minimum atomic E-state index is -3.50. The molecule has 0 unspecified atom stereocenters. The lowest BCUT2D eigenvalue weighted by atomic mass is 10.1. The minimum absolute atomic E-state index is 0.105. The molecule has 3 aromatic heterocycles. The second-order valence-electron chi connectivity index (χ2n) is 8.77. The van der Waals surface area contributed by atoms with Crippen LogP contribution in [0.25, 0.3) is 22.3 Å². The molecule has 1 amide bonds. The molecule has 0 spiro atoms. The Morgan fingerprint density at radius 3 is 2.78 bits per heavy atom. The molecule has 0 fully saturated rings. The fraction of sp³-hybridized carbons (Fsp3) is 0.259. The van der Waals surface area contributed by atoms with Crippen LogP contribution < -0.4 is 5.32 Å². The van der Waals surface area contributed by atoms with Gasteiger partial charge in [-0.15, -0.1) is 0 Å². The highest BCUT2D eigenvalue weighted by atomic mass is 32.2. The molecule has 1 aliphatic heterocycles. The fourth-order valence-electron chi connectivity index (χ4n) is 4.08. The summed E-state index contributed by atoms with van der Waals surface area (Å²) in [6.45, 7) is 2.44. The van der Waals surface area contributed by atoms with Crippen LogP contribution in [0.15, 0.2) is 65.7 Å². The maximum atomic E-state index is 12.8. The zero-order chi connectivity index (χ0) is 26.0. The maximum Gasteiger partial charge on any atom is 0.251 e. The monoisotopic (exact) mass is 518 g/mol. The van der Waals surface area contributed by atoms with E-state index in [9.17, 15) is 13.2 Å². The van der Waals surface area contributed by atoms with Crippen LogP contribution in [0.1, 0.15) is 40.3 Å². The van der Waals surface area contributed by atoms with Crippen molar-refractivity contribution in [3.63, 3.8) is 0 Å². The number of benzene rings is 1.